The molecule has 0 saturated carbocycles. The van der Waals surface area contributed by atoms with E-state index in [4.69, 9.17) is 0 Å². The predicted octanol–water partition coefficient (Wildman–Crippen LogP) is 3.94. The fourth-order valence-electron chi connectivity index (χ4n) is 4.39. The van der Waals surface area contributed by atoms with Gasteiger partial charge in [-0.25, -0.2) is 4.98 Å². The summed E-state index contributed by atoms with van der Waals surface area (Å²) >= 11 is 0. The zero-order valence-electron chi connectivity index (χ0n) is 17.6. The number of fused-ring (bicyclic) bond motifs is 1. The summed E-state index contributed by atoms with van der Waals surface area (Å²) in [5.41, 5.74) is 2.42. The van der Waals surface area contributed by atoms with Gasteiger partial charge in [-0.1, -0.05) is 30.3 Å². The van der Waals surface area contributed by atoms with Gasteiger partial charge in [0, 0.05) is 32.3 Å². The number of aliphatic carboxylic acids is 1. The van der Waals surface area contributed by atoms with Crippen LogP contribution in [0.1, 0.15) is 49.7 Å². The number of carbonyl (C=O) groups is 2. The Bertz CT molecular complexity index is 841. The monoisotopic (exact) mass is 409 g/mol. The molecule has 160 valence electrons. The summed E-state index contributed by atoms with van der Waals surface area (Å²) in [6, 6.07) is 13.9. The van der Waals surface area contributed by atoms with Crippen LogP contribution in [0, 0.1) is 5.92 Å². The van der Waals surface area contributed by atoms with Gasteiger partial charge in [-0.05, 0) is 61.3 Å². The zero-order chi connectivity index (χ0) is 21.3. The number of amides is 1. The minimum Gasteiger partial charge on any atom is -0.481 e. The first kappa shape index (κ1) is 21.8. The maximum atomic E-state index is 12.7. The molecule has 2 N–H and O–H groups in total. The van der Waals surface area contributed by atoms with Crippen molar-refractivity contribution in [2.45, 2.75) is 44.9 Å². The highest BCUT2D eigenvalue weighted by Crippen LogP contribution is 2.41. The minimum atomic E-state index is -0.759. The van der Waals surface area contributed by atoms with Crippen LogP contribution < -0.4 is 5.32 Å². The molecule has 1 unspecified atom stereocenters. The molecule has 1 aliphatic carbocycles. The fraction of sp³-hybridized carbons (Fsp3) is 0.458. The van der Waals surface area contributed by atoms with Gasteiger partial charge in [0.15, 0.2) is 0 Å². The molecule has 1 aliphatic rings. The van der Waals surface area contributed by atoms with Gasteiger partial charge in [-0.15, -0.1) is 0 Å². The molecule has 2 atom stereocenters. The molecule has 3 rings (SSSR count). The lowest BCUT2D eigenvalue weighted by Crippen LogP contribution is -2.33. The highest BCUT2D eigenvalue weighted by atomic mass is 16.4. The van der Waals surface area contributed by atoms with Crippen LogP contribution in [0.15, 0.2) is 48.7 Å². The SMILES string of the molecule is CCN(CCC1Cc2ccccc2[C@H]1CC(=O)O)C(=O)CCCNc1ccccn1. The second-order valence-corrected chi connectivity index (χ2v) is 7.87. The molecule has 1 aromatic carbocycles. The van der Waals surface area contributed by atoms with Crippen LogP contribution in [0.4, 0.5) is 5.82 Å². The maximum Gasteiger partial charge on any atom is 0.303 e. The van der Waals surface area contributed by atoms with Crippen molar-refractivity contribution in [3.8, 4) is 0 Å². The Morgan fingerprint density at radius 1 is 1.20 bits per heavy atom. The number of carboxylic acids is 1. The van der Waals surface area contributed by atoms with Crippen LogP contribution >= 0.6 is 0 Å². The average Bonchev–Trinajstić information content (AvgIpc) is 3.09. The molecule has 30 heavy (non-hydrogen) atoms. The number of carboxylic acid groups (broad SMARTS) is 1. The highest BCUT2D eigenvalue weighted by molar-refractivity contribution is 5.76. The first-order valence-electron chi connectivity index (χ1n) is 10.8. The lowest BCUT2D eigenvalue weighted by Gasteiger charge is -2.25. The van der Waals surface area contributed by atoms with Crippen molar-refractivity contribution in [1.82, 2.24) is 9.88 Å². The highest BCUT2D eigenvalue weighted by Gasteiger charge is 2.33. The van der Waals surface area contributed by atoms with Crippen LogP contribution in [0.5, 0.6) is 0 Å². The van der Waals surface area contributed by atoms with Gasteiger partial charge in [0.25, 0.3) is 0 Å². The van der Waals surface area contributed by atoms with E-state index in [-0.39, 0.29) is 24.2 Å². The number of nitrogens with zero attached hydrogens (tertiary/aromatic N) is 2. The van der Waals surface area contributed by atoms with E-state index in [1.807, 2.05) is 42.2 Å². The van der Waals surface area contributed by atoms with E-state index in [1.165, 1.54) is 11.1 Å². The number of carbonyl (C=O) groups excluding carboxylic acids is 1. The summed E-state index contributed by atoms with van der Waals surface area (Å²) in [5, 5.41) is 12.6. The summed E-state index contributed by atoms with van der Waals surface area (Å²) in [6.07, 6.45) is 4.87. The van der Waals surface area contributed by atoms with Crippen molar-refractivity contribution in [1.29, 1.82) is 0 Å². The smallest absolute Gasteiger partial charge is 0.303 e. The van der Waals surface area contributed by atoms with Crippen molar-refractivity contribution in [2.24, 2.45) is 5.92 Å². The fourth-order valence-corrected chi connectivity index (χ4v) is 4.39. The number of nitrogens with one attached hydrogen (secondary N) is 1. The average molecular weight is 410 g/mol. The van der Waals surface area contributed by atoms with Crippen molar-refractivity contribution >= 4 is 17.7 Å². The van der Waals surface area contributed by atoms with Gasteiger partial charge in [-0.3, -0.25) is 9.59 Å². The second-order valence-electron chi connectivity index (χ2n) is 7.87. The predicted molar refractivity (Wildman–Crippen MR) is 117 cm³/mol. The first-order chi connectivity index (χ1) is 14.6. The van der Waals surface area contributed by atoms with Crippen LogP contribution in [0.3, 0.4) is 0 Å². The molecule has 1 amide bonds. The van der Waals surface area contributed by atoms with E-state index in [9.17, 15) is 14.7 Å². The standard InChI is InChI=1S/C24H31N3O3/c1-2-27(23(28)11-7-14-26-22-10-5-6-13-25-22)15-12-19-16-18-8-3-4-9-20(18)21(19)17-24(29)30/h3-6,8-10,13,19,21H,2,7,11-12,14-17H2,1H3,(H,25,26)(H,29,30)/t19?,21-/m0/s1. The van der Waals surface area contributed by atoms with E-state index in [1.54, 1.807) is 6.20 Å². The molecule has 6 nitrogen and oxygen atoms in total. The Morgan fingerprint density at radius 3 is 2.73 bits per heavy atom. The molecule has 6 heteroatoms. The van der Waals surface area contributed by atoms with Crippen molar-refractivity contribution in [3.63, 3.8) is 0 Å². The van der Waals surface area contributed by atoms with Crippen molar-refractivity contribution < 1.29 is 14.7 Å². The topological polar surface area (TPSA) is 82.5 Å². The quantitative estimate of drug-likeness (QED) is 0.549. The van der Waals surface area contributed by atoms with Gasteiger partial charge in [0.05, 0.1) is 6.42 Å². The molecule has 1 heterocycles. The van der Waals surface area contributed by atoms with Gasteiger partial charge in [-0.2, -0.15) is 0 Å². The summed E-state index contributed by atoms with van der Waals surface area (Å²) in [7, 11) is 0. The Kier molecular flexibility index (Phi) is 7.82. The maximum absolute atomic E-state index is 12.7. The molecular formula is C24H31N3O3. The zero-order valence-corrected chi connectivity index (χ0v) is 17.6. The third-order valence-electron chi connectivity index (χ3n) is 5.94. The Labute approximate surface area is 178 Å². The van der Waals surface area contributed by atoms with Gasteiger partial charge >= 0.3 is 5.97 Å². The molecule has 0 radical (unpaired) electrons. The minimum absolute atomic E-state index is 0.0371. The van der Waals surface area contributed by atoms with Crippen molar-refractivity contribution in [2.75, 3.05) is 25.0 Å². The summed E-state index contributed by atoms with van der Waals surface area (Å²) in [4.78, 5) is 30.2. The molecule has 2 aromatic rings. The third-order valence-corrected chi connectivity index (χ3v) is 5.94. The van der Waals surface area contributed by atoms with Gasteiger partial charge in [0.2, 0.25) is 5.91 Å². The number of hydrogen-bond acceptors (Lipinski definition) is 4. The first-order valence-corrected chi connectivity index (χ1v) is 10.8. The molecular weight excluding hydrogens is 378 g/mol. The normalized spacial score (nSPS) is 17.4. The van der Waals surface area contributed by atoms with E-state index in [2.05, 4.69) is 22.4 Å². The van der Waals surface area contributed by atoms with Crippen LogP contribution in [-0.2, 0) is 16.0 Å². The largest absolute Gasteiger partial charge is 0.481 e. The van der Waals surface area contributed by atoms with Crippen molar-refractivity contribution in [3.05, 3.63) is 59.8 Å². The van der Waals surface area contributed by atoms with E-state index in [0.29, 0.717) is 26.1 Å². The number of aromatic nitrogens is 1. The Hall–Kier alpha value is -2.89. The Balaban J connectivity index is 1.48. The van der Waals surface area contributed by atoms with Crippen LogP contribution in [-0.4, -0.2) is 46.5 Å². The van der Waals surface area contributed by atoms with E-state index >= 15 is 0 Å². The lowest BCUT2D eigenvalue weighted by molar-refractivity contribution is -0.138. The molecule has 0 fully saturated rings. The molecule has 0 saturated heterocycles. The summed E-state index contributed by atoms with van der Waals surface area (Å²) in [5.74, 6) is 0.528. The van der Waals surface area contributed by atoms with Crippen LogP contribution in [0.2, 0.25) is 0 Å². The van der Waals surface area contributed by atoms with Crippen LogP contribution in [0.25, 0.3) is 0 Å². The number of anilines is 1. The number of pyridine rings is 1. The van der Waals surface area contributed by atoms with Gasteiger partial charge in [0.1, 0.15) is 5.82 Å². The molecule has 0 bridgehead atoms. The molecule has 0 aliphatic heterocycles. The van der Waals surface area contributed by atoms with E-state index in [0.717, 1.165) is 25.1 Å². The lowest BCUT2D eigenvalue weighted by atomic mass is 9.87. The third kappa shape index (κ3) is 5.81. The molecule has 1 aromatic heterocycles. The summed E-state index contributed by atoms with van der Waals surface area (Å²) < 4.78 is 0. The van der Waals surface area contributed by atoms with Gasteiger partial charge < -0.3 is 15.3 Å². The second kappa shape index (κ2) is 10.8. The van der Waals surface area contributed by atoms with E-state index < -0.39 is 5.97 Å². The number of hydrogen-bond donors (Lipinski definition) is 2. The summed E-state index contributed by atoms with van der Waals surface area (Å²) in [6.45, 7) is 4.06. The Morgan fingerprint density at radius 2 is 2.00 bits per heavy atom. The number of benzene rings is 1. The molecule has 0 spiro atoms. The number of rotatable bonds is 11.